The highest BCUT2D eigenvalue weighted by molar-refractivity contribution is 6.05. The van der Waals surface area contributed by atoms with Crippen molar-refractivity contribution in [2.45, 2.75) is 52.1 Å². The van der Waals surface area contributed by atoms with Crippen LogP contribution in [0.15, 0.2) is 36.5 Å². The number of hydrogen-bond acceptors (Lipinski definition) is 4. The van der Waals surface area contributed by atoms with Crippen molar-refractivity contribution in [2.75, 3.05) is 26.2 Å². The van der Waals surface area contributed by atoms with Gasteiger partial charge in [-0.25, -0.2) is 9.67 Å². The van der Waals surface area contributed by atoms with Gasteiger partial charge in [-0.15, -0.1) is 0 Å². The minimum atomic E-state index is 0.118. The molecule has 0 radical (unpaired) electrons. The first-order chi connectivity index (χ1) is 15.0. The molecule has 2 aliphatic rings. The van der Waals surface area contributed by atoms with Gasteiger partial charge in [-0.3, -0.25) is 9.69 Å². The van der Waals surface area contributed by atoms with Crippen molar-refractivity contribution in [1.82, 2.24) is 24.6 Å². The summed E-state index contributed by atoms with van der Waals surface area (Å²) in [5, 5.41) is 5.42. The Kier molecular flexibility index (Phi) is 5.26. The van der Waals surface area contributed by atoms with Gasteiger partial charge in [0.05, 0.1) is 17.1 Å². The molecule has 1 aromatic carbocycles. The first-order valence-electron chi connectivity index (χ1n) is 11.4. The molecule has 6 nitrogen and oxygen atoms in total. The molecule has 0 atom stereocenters. The highest BCUT2D eigenvalue weighted by Gasteiger charge is 2.30. The SMILES string of the molecule is Cc1cccc(CN2CCN(C(=O)c3cc(C4CC4)nc4c3cnn4C(C)C)CC2)c1. The first kappa shape index (κ1) is 20.2. The summed E-state index contributed by atoms with van der Waals surface area (Å²) < 4.78 is 1.94. The van der Waals surface area contributed by atoms with E-state index in [1.54, 1.807) is 0 Å². The number of fused-ring (bicyclic) bond motifs is 1. The zero-order valence-electron chi connectivity index (χ0n) is 18.7. The number of aromatic nitrogens is 3. The third-order valence-electron chi connectivity index (χ3n) is 6.45. The molecule has 3 heterocycles. The molecule has 1 aliphatic heterocycles. The lowest BCUT2D eigenvalue weighted by Gasteiger charge is -2.35. The van der Waals surface area contributed by atoms with Crippen molar-refractivity contribution in [3.05, 3.63) is 58.9 Å². The Balaban J connectivity index is 1.34. The molecular formula is C25H31N5O. The minimum absolute atomic E-state index is 0.118. The normalized spacial score (nSPS) is 17.6. The largest absolute Gasteiger partial charge is 0.336 e. The van der Waals surface area contributed by atoms with Crippen LogP contribution in [-0.2, 0) is 6.54 Å². The van der Waals surface area contributed by atoms with Crippen molar-refractivity contribution in [1.29, 1.82) is 0 Å². The molecule has 6 heteroatoms. The molecule has 0 N–H and O–H groups in total. The number of pyridine rings is 1. The average Bonchev–Trinajstić information content (AvgIpc) is 3.52. The van der Waals surface area contributed by atoms with Crippen LogP contribution in [0.2, 0.25) is 0 Å². The van der Waals surface area contributed by atoms with E-state index in [1.165, 1.54) is 24.0 Å². The van der Waals surface area contributed by atoms with Crippen molar-refractivity contribution in [2.24, 2.45) is 0 Å². The summed E-state index contributed by atoms with van der Waals surface area (Å²) in [4.78, 5) is 22.9. The van der Waals surface area contributed by atoms with Crippen LogP contribution in [0, 0.1) is 6.92 Å². The van der Waals surface area contributed by atoms with Crippen molar-refractivity contribution >= 4 is 16.9 Å². The van der Waals surface area contributed by atoms with Gasteiger partial charge in [0.2, 0.25) is 0 Å². The van der Waals surface area contributed by atoms with Gasteiger partial charge in [-0.05, 0) is 45.2 Å². The van der Waals surface area contributed by atoms with E-state index >= 15 is 0 Å². The Morgan fingerprint density at radius 2 is 1.90 bits per heavy atom. The van der Waals surface area contributed by atoms with Crippen molar-refractivity contribution < 1.29 is 4.79 Å². The summed E-state index contributed by atoms with van der Waals surface area (Å²) in [5.74, 6) is 0.616. The highest BCUT2D eigenvalue weighted by Crippen LogP contribution is 2.40. The number of benzene rings is 1. The molecule has 1 amide bonds. The standard InChI is InChI=1S/C25H31N5O/c1-17(2)30-24-22(15-26-30)21(14-23(27-24)20-7-8-20)25(31)29-11-9-28(10-12-29)16-19-6-4-5-18(3)13-19/h4-6,13-15,17,20H,7-12,16H2,1-3H3. The molecule has 3 aromatic rings. The first-order valence-corrected chi connectivity index (χ1v) is 11.4. The van der Waals surface area contributed by atoms with Gasteiger partial charge in [0.1, 0.15) is 0 Å². The van der Waals surface area contributed by atoms with Crippen LogP contribution < -0.4 is 0 Å². The van der Waals surface area contributed by atoms with E-state index in [0.717, 1.165) is 55.0 Å². The Morgan fingerprint density at radius 1 is 1.13 bits per heavy atom. The maximum atomic E-state index is 13.5. The molecule has 162 valence electrons. The van der Waals surface area contributed by atoms with Crippen LogP contribution >= 0.6 is 0 Å². The Labute approximate surface area is 183 Å². The van der Waals surface area contributed by atoms with Gasteiger partial charge in [0, 0.05) is 50.4 Å². The molecule has 0 spiro atoms. The van der Waals surface area contributed by atoms with Gasteiger partial charge in [-0.1, -0.05) is 29.8 Å². The fraction of sp³-hybridized carbons (Fsp3) is 0.480. The quantitative estimate of drug-likeness (QED) is 0.626. The number of piperazine rings is 1. The van der Waals surface area contributed by atoms with E-state index in [4.69, 9.17) is 4.98 Å². The smallest absolute Gasteiger partial charge is 0.254 e. The fourth-order valence-corrected chi connectivity index (χ4v) is 4.53. The molecule has 1 saturated heterocycles. The average molecular weight is 418 g/mol. The van der Waals surface area contributed by atoms with Crippen molar-refractivity contribution in [3.63, 3.8) is 0 Å². The zero-order valence-corrected chi connectivity index (χ0v) is 18.7. The summed E-state index contributed by atoms with van der Waals surface area (Å²) >= 11 is 0. The maximum Gasteiger partial charge on any atom is 0.254 e. The summed E-state index contributed by atoms with van der Waals surface area (Å²) in [6.07, 6.45) is 4.15. The van der Waals surface area contributed by atoms with Gasteiger partial charge >= 0.3 is 0 Å². The second-order valence-corrected chi connectivity index (χ2v) is 9.35. The number of hydrogen-bond donors (Lipinski definition) is 0. The third-order valence-corrected chi connectivity index (χ3v) is 6.45. The predicted molar refractivity (Wildman–Crippen MR) is 122 cm³/mol. The summed E-state index contributed by atoms with van der Waals surface area (Å²) in [5.41, 5.74) is 5.30. The number of rotatable bonds is 5. The minimum Gasteiger partial charge on any atom is -0.336 e. The number of carbonyl (C=O) groups is 1. The lowest BCUT2D eigenvalue weighted by molar-refractivity contribution is 0.0630. The van der Waals surface area contributed by atoms with Gasteiger partial charge in [-0.2, -0.15) is 5.10 Å². The second-order valence-electron chi connectivity index (χ2n) is 9.35. The zero-order chi connectivity index (χ0) is 21.5. The molecule has 31 heavy (non-hydrogen) atoms. The van der Waals surface area contributed by atoms with E-state index in [9.17, 15) is 4.79 Å². The van der Waals surface area contributed by atoms with Gasteiger partial charge < -0.3 is 4.90 Å². The fourth-order valence-electron chi connectivity index (χ4n) is 4.53. The molecule has 2 aromatic heterocycles. The molecule has 0 unspecified atom stereocenters. The van der Waals surface area contributed by atoms with E-state index in [-0.39, 0.29) is 11.9 Å². The molecule has 1 aliphatic carbocycles. The van der Waals surface area contributed by atoms with Crippen LogP contribution in [0.1, 0.15) is 65.8 Å². The molecule has 5 rings (SSSR count). The lowest BCUT2D eigenvalue weighted by Crippen LogP contribution is -2.48. The molecule has 2 fully saturated rings. The summed E-state index contributed by atoms with van der Waals surface area (Å²) in [6.45, 7) is 10.6. The van der Waals surface area contributed by atoms with Gasteiger partial charge in [0.15, 0.2) is 5.65 Å². The molecule has 0 bridgehead atoms. The highest BCUT2D eigenvalue weighted by atomic mass is 16.2. The van der Waals surface area contributed by atoms with E-state index in [2.05, 4.69) is 55.0 Å². The number of carbonyl (C=O) groups excluding carboxylic acids is 1. The summed E-state index contributed by atoms with van der Waals surface area (Å²) in [6, 6.07) is 10.9. The maximum absolute atomic E-state index is 13.5. The Hall–Kier alpha value is -2.73. The lowest BCUT2D eigenvalue weighted by atomic mass is 10.1. The Bertz CT molecular complexity index is 1110. The second kappa shape index (κ2) is 8.08. The molecular weight excluding hydrogens is 386 g/mol. The van der Waals surface area contributed by atoms with Crippen LogP contribution in [0.5, 0.6) is 0 Å². The van der Waals surface area contributed by atoms with E-state index < -0.39 is 0 Å². The topological polar surface area (TPSA) is 54.3 Å². The molecule has 1 saturated carbocycles. The monoisotopic (exact) mass is 417 g/mol. The van der Waals surface area contributed by atoms with Crippen LogP contribution in [0.4, 0.5) is 0 Å². The van der Waals surface area contributed by atoms with Crippen LogP contribution in [0.3, 0.4) is 0 Å². The number of nitrogens with zero attached hydrogens (tertiary/aromatic N) is 5. The Morgan fingerprint density at radius 3 is 2.58 bits per heavy atom. The van der Waals surface area contributed by atoms with Crippen LogP contribution in [0.25, 0.3) is 11.0 Å². The van der Waals surface area contributed by atoms with Crippen molar-refractivity contribution in [3.8, 4) is 0 Å². The van der Waals surface area contributed by atoms with E-state index in [1.807, 2.05) is 21.8 Å². The van der Waals surface area contributed by atoms with Crippen LogP contribution in [-0.4, -0.2) is 56.7 Å². The third kappa shape index (κ3) is 4.09. The number of amides is 1. The van der Waals surface area contributed by atoms with E-state index in [0.29, 0.717) is 5.92 Å². The summed E-state index contributed by atoms with van der Waals surface area (Å²) in [7, 11) is 0. The predicted octanol–water partition coefficient (Wildman–Crippen LogP) is 4.16. The number of aryl methyl sites for hydroxylation is 1. The van der Waals surface area contributed by atoms with Gasteiger partial charge in [0.25, 0.3) is 5.91 Å².